The van der Waals surface area contributed by atoms with E-state index in [-0.39, 0.29) is 23.7 Å². The third-order valence-electron chi connectivity index (χ3n) is 2.79. The van der Waals surface area contributed by atoms with Gasteiger partial charge in [0.15, 0.2) is 0 Å². The maximum absolute atomic E-state index is 12.6. The molecule has 0 radical (unpaired) electrons. The van der Waals surface area contributed by atoms with E-state index >= 15 is 0 Å². The SMILES string of the molecule is O=C(Cc1ccc(F)cc1)NC1(CCl)CC1. The Labute approximate surface area is 98.8 Å². The Bertz CT molecular complexity index is 387. The monoisotopic (exact) mass is 241 g/mol. The van der Waals surface area contributed by atoms with Gasteiger partial charge in [-0.25, -0.2) is 4.39 Å². The molecule has 0 heterocycles. The number of carbonyl (C=O) groups is 1. The van der Waals surface area contributed by atoms with Crippen molar-refractivity contribution in [3.8, 4) is 0 Å². The van der Waals surface area contributed by atoms with E-state index in [4.69, 9.17) is 11.6 Å². The number of hydrogen-bond donors (Lipinski definition) is 1. The fraction of sp³-hybridized carbons (Fsp3) is 0.417. The molecular weight excluding hydrogens is 229 g/mol. The largest absolute Gasteiger partial charge is 0.349 e. The Morgan fingerprint density at radius 2 is 2.00 bits per heavy atom. The van der Waals surface area contributed by atoms with Gasteiger partial charge in [0.05, 0.1) is 12.0 Å². The predicted octanol–water partition coefficient (Wildman–Crippen LogP) is 2.26. The molecule has 1 aromatic carbocycles. The summed E-state index contributed by atoms with van der Waals surface area (Å²) < 4.78 is 12.6. The fourth-order valence-corrected chi connectivity index (χ4v) is 1.90. The Morgan fingerprint density at radius 3 is 2.50 bits per heavy atom. The van der Waals surface area contributed by atoms with Crippen LogP contribution < -0.4 is 5.32 Å². The summed E-state index contributed by atoms with van der Waals surface area (Å²) in [6, 6.07) is 5.96. The first-order chi connectivity index (χ1) is 7.63. The van der Waals surface area contributed by atoms with Gasteiger partial charge in [0.25, 0.3) is 0 Å². The lowest BCUT2D eigenvalue weighted by Gasteiger charge is -2.13. The second-order valence-corrected chi connectivity index (χ2v) is 4.53. The van der Waals surface area contributed by atoms with Crippen LogP contribution in [0.1, 0.15) is 18.4 Å². The summed E-state index contributed by atoms with van der Waals surface area (Å²) in [5.74, 6) is 0.121. The number of carbonyl (C=O) groups excluding carboxylic acids is 1. The summed E-state index contributed by atoms with van der Waals surface area (Å²) in [7, 11) is 0. The van der Waals surface area contributed by atoms with Crippen LogP contribution in [-0.2, 0) is 11.2 Å². The van der Waals surface area contributed by atoms with Crippen molar-refractivity contribution in [1.82, 2.24) is 5.32 Å². The van der Waals surface area contributed by atoms with E-state index in [9.17, 15) is 9.18 Å². The maximum atomic E-state index is 12.6. The van der Waals surface area contributed by atoms with Crippen molar-refractivity contribution < 1.29 is 9.18 Å². The van der Waals surface area contributed by atoms with Gasteiger partial charge in [-0.05, 0) is 30.5 Å². The standard InChI is InChI=1S/C12H13ClFNO/c13-8-12(5-6-12)15-11(16)7-9-1-3-10(14)4-2-9/h1-4H,5-8H2,(H,15,16). The highest BCUT2D eigenvalue weighted by Crippen LogP contribution is 2.36. The Balaban J connectivity index is 1.90. The van der Waals surface area contributed by atoms with Crippen molar-refractivity contribution in [2.24, 2.45) is 0 Å². The fourth-order valence-electron chi connectivity index (χ4n) is 1.57. The van der Waals surface area contributed by atoms with Gasteiger partial charge >= 0.3 is 0 Å². The van der Waals surface area contributed by atoms with Crippen LogP contribution in [0.15, 0.2) is 24.3 Å². The summed E-state index contributed by atoms with van der Waals surface area (Å²) in [5.41, 5.74) is 0.642. The van der Waals surface area contributed by atoms with Gasteiger partial charge in [0.2, 0.25) is 5.91 Å². The number of halogens is 2. The molecule has 1 fully saturated rings. The Morgan fingerprint density at radius 1 is 1.38 bits per heavy atom. The van der Waals surface area contributed by atoms with Crippen molar-refractivity contribution in [2.45, 2.75) is 24.8 Å². The van der Waals surface area contributed by atoms with Crippen molar-refractivity contribution in [1.29, 1.82) is 0 Å². The molecule has 1 saturated carbocycles. The second kappa shape index (κ2) is 4.42. The number of amides is 1. The van der Waals surface area contributed by atoms with E-state index in [1.54, 1.807) is 12.1 Å². The molecular formula is C12H13ClFNO. The molecule has 0 aliphatic heterocycles. The van der Waals surface area contributed by atoms with Crippen molar-refractivity contribution >= 4 is 17.5 Å². The first-order valence-corrected chi connectivity index (χ1v) is 5.78. The molecule has 2 nitrogen and oxygen atoms in total. The third kappa shape index (κ3) is 2.73. The molecule has 86 valence electrons. The van der Waals surface area contributed by atoms with Gasteiger partial charge in [-0.1, -0.05) is 12.1 Å². The lowest BCUT2D eigenvalue weighted by Crippen LogP contribution is -2.39. The zero-order valence-electron chi connectivity index (χ0n) is 8.80. The van der Waals surface area contributed by atoms with Gasteiger partial charge in [-0.2, -0.15) is 0 Å². The van der Waals surface area contributed by atoms with Gasteiger partial charge in [-0.3, -0.25) is 4.79 Å². The molecule has 0 atom stereocenters. The Hall–Kier alpha value is -1.09. The number of hydrogen-bond acceptors (Lipinski definition) is 1. The first-order valence-electron chi connectivity index (χ1n) is 5.25. The smallest absolute Gasteiger partial charge is 0.224 e. The second-order valence-electron chi connectivity index (χ2n) is 4.27. The van der Waals surface area contributed by atoms with Crippen molar-refractivity contribution in [3.63, 3.8) is 0 Å². The van der Waals surface area contributed by atoms with Crippen LogP contribution in [0.5, 0.6) is 0 Å². The molecule has 2 rings (SSSR count). The van der Waals surface area contributed by atoms with Crippen LogP contribution in [0.4, 0.5) is 4.39 Å². The van der Waals surface area contributed by atoms with Crippen LogP contribution in [0.3, 0.4) is 0 Å². The molecule has 4 heteroatoms. The third-order valence-corrected chi connectivity index (χ3v) is 3.30. The zero-order valence-corrected chi connectivity index (χ0v) is 9.56. The number of benzene rings is 1. The molecule has 1 aliphatic carbocycles. The van der Waals surface area contributed by atoms with Gasteiger partial charge in [0, 0.05) is 5.88 Å². The molecule has 1 N–H and O–H groups in total. The topological polar surface area (TPSA) is 29.1 Å². The minimum atomic E-state index is -0.288. The molecule has 1 amide bonds. The first kappa shape index (κ1) is 11.4. The van der Waals surface area contributed by atoms with Gasteiger partial charge < -0.3 is 5.32 Å². The minimum Gasteiger partial charge on any atom is -0.349 e. The highest BCUT2D eigenvalue weighted by atomic mass is 35.5. The lowest BCUT2D eigenvalue weighted by atomic mass is 10.1. The summed E-state index contributed by atoms with van der Waals surface area (Å²) in [5, 5.41) is 2.92. The molecule has 0 unspecified atom stereocenters. The van der Waals surface area contributed by atoms with E-state index < -0.39 is 0 Å². The summed E-state index contributed by atoms with van der Waals surface area (Å²) in [4.78, 5) is 11.6. The average Bonchev–Trinajstić information content (AvgIpc) is 3.02. The summed E-state index contributed by atoms with van der Waals surface area (Å²) >= 11 is 5.76. The molecule has 0 bridgehead atoms. The van der Waals surface area contributed by atoms with Gasteiger partial charge in [0.1, 0.15) is 5.82 Å². The average molecular weight is 242 g/mol. The molecule has 1 aliphatic rings. The van der Waals surface area contributed by atoms with Crippen LogP contribution in [-0.4, -0.2) is 17.3 Å². The minimum absolute atomic E-state index is 0.0511. The van der Waals surface area contributed by atoms with Gasteiger partial charge in [-0.15, -0.1) is 11.6 Å². The number of alkyl halides is 1. The van der Waals surface area contributed by atoms with Crippen LogP contribution >= 0.6 is 11.6 Å². The highest BCUT2D eigenvalue weighted by Gasteiger charge is 2.42. The molecule has 0 spiro atoms. The highest BCUT2D eigenvalue weighted by molar-refractivity contribution is 6.19. The quantitative estimate of drug-likeness (QED) is 0.805. The summed E-state index contributed by atoms with van der Waals surface area (Å²) in [6.07, 6.45) is 2.18. The van der Waals surface area contributed by atoms with E-state index in [0.717, 1.165) is 18.4 Å². The van der Waals surface area contributed by atoms with Crippen LogP contribution in [0, 0.1) is 5.82 Å². The zero-order chi connectivity index (χ0) is 11.6. The van der Waals surface area contributed by atoms with E-state index in [2.05, 4.69) is 5.32 Å². The van der Waals surface area contributed by atoms with E-state index in [1.165, 1.54) is 12.1 Å². The van der Waals surface area contributed by atoms with Crippen LogP contribution in [0.2, 0.25) is 0 Å². The normalized spacial score (nSPS) is 16.9. The lowest BCUT2D eigenvalue weighted by molar-refractivity contribution is -0.121. The summed E-state index contributed by atoms with van der Waals surface area (Å²) in [6.45, 7) is 0. The maximum Gasteiger partial charge on any atom is 0.224 e. The van der Waals surface area contributed by atoms with Crippen molar-refractivity contribution in [3.05, 3.63) is 35.6 Å². The predicted molar refractivity (Wildman–Crippen MR) is 60.9 cm³/mol. The van der Waals surface area contributed by atoms with E-state index in [1.807, 2.05) is 0 Å². The molecule has 1 aromatic rings. The number of rotatable bonds is 4. The molecule has 16 heavy (non-hydrogen) atoms. The number of nitrogens with one attached hydrogen (secondary N) is 1. The Kier molecular flexibility index (Phi) is 3.15. The van der Waals surface area contributed by atoms with Crippen LogP contribution in [0.25, 0.3) is 0 Å². The van der Waals surface area contributed by atoms with E-state index in [0.29, 0.717) is 5.88 Å². The molecule has 0 aromatic heterocycles. The van der Waals surface area contributed by atoms with Crippen molar-refractivity contribution in [2.75, 3.05) is 5.88 Å². The molecule has 0 saturated heterocycles.